The monoisotopic (exact) mass is 262 g/mol. The van der Waals surface area contributed by atoms with Gasteiger partial charge in [0.15, 0.2) is 0 Å². The summed E-state index contributed by atoms with van der Waals surface area (Å²) in [6.45, 7) is -0.451. The maximum Gasteiger partial charge on any atom is 0.261 e. The van der Waals surface area contributed by atoms with Crippen LogP contribution in [0, 0.1) is 5.92 Å². The van der Waals surface area contributed by atoms with E-state index >= 15 is 0 Å². The van der Waals surface area contributed by atoms with Gasteiger partial charge >= 0.3 is 0 Å². The van der Waals surface area contributed by atoms with Gasteiger partial charge in [-0.3, -0.25) is 0 Å². The normalized spacial score (nSPS) is 28.9. The molecule has 1 aromatic rings. The Morgan fingerprint density at radius 2 is 1.86 bits per heavy atom. The van der Waals surface area contributed by atoms with E-state index in [0.29, 0.717) is 5.56 Å². The summed E-state index contributed by atoms with van der Waals surface area (Å²) < 4.78 is 27.0. The fourth-order valence-electron chi connectivity index (χ4n) is 1.74. The number of halogens is 3. The minimum Gasteiger partial charge on any atom is -0.396 e. The number of hydrogen-bond acceptors (Lipinski definition) is 1. The zero-order chi connectivity index (χ0) is 10.3. The lowest BCUT2D eigenvalue weighted by Gasteiger charge is -1.98. The second-order valence-corrected chi connectivity index (χ2v) is 4.41. The summed E-state index contributed by atoms with van der Waals surface area (Å²) in [5, 5.41) is 8.74. The van der Waals surface area contributed by atoms with Crippen LogP contribution in [0.4, 0.5) is 8.78 Å². The van der Waals surface area contributed by atoms with Crippen molar-refractivity contribution in [2.75, 3.05) is 6.61 Å². The molecule has 0 aromatic heterocycles. The highest BCUT2D eigenvalue weighted by atomic mass is 79.9. The van der Waals surface area contributed by atoms with Gasteiger partial charge in [0.05, 0.1) is 18.4 Å². The number of aliphatic hydroxyl groups is 1. The third-order valence-corrected chi connectivity index (χ3v) is 3.16. The van der Waals surface area contributed by atoms with E-state index in [9.17, 15) is 8.78 Å². The summed E-state index contributed by atoms with van der Waals surface area (Å²) in [6, 6.07) is 6.80. The molecule has 0 saturated heterocycles. The summed E-state index contributed by atoms with van der Waals surface area (Å²) in [6.07, 6.45) is 0. The second-order valence-electron chi connectivity index (χ2n) is 3.49. The van der Waals surface area contributed by atoms with E-state index in [2.05, 4.69) is 15.9 Å². The van der Waals surface area contributed by atoms with E-state index < -0.39 is 24.4 Å². The summed E-state index contributed by atoms with van der Waals surface area (Å²) in [5.74, 6) is -4.44. The number of aliphatic hydroxyl groups excluding tert-OH is 1. The van der Waals surface area contributed by atoms with E-state index in [0.717, 1.165) is 4.47 Å². The highest BCUT2D eigenvalue weighted by Crippen LogP contribution is 2.61. The molecule has 0 aliphatic heterocycles. The van der Waals surface area contributed by atoms with Gasteiger partial charge in [-0.1, -0.05) is 28.1 Å². The van der Waals surface area contributed by atoms with Gasteiger partial charge < -0.3 is 5.11 Å². The number of rotatable bonds is 2. The van der Waals surface area contributed by atoms with Crippen molar-refractivity contribution in [1.29, 1.82) is 0 Å². The standard InChI is InChI=1S/C10H9BrF2O/c11-7-3-1-6(2-4-7)9-8(5-14)10(9,12)13/h1-4,8-9,14H,5H2/t8-,9+/m0/s1. The number of alkyl halides is 2. The molecule has 0 heterocycles. The Kier molecular flexibility index (Phi) is 2.35. The van der Waals surface area contributed by atoms with Crippen molar-refractivity contribution in [1.82, 2.24) is 0 Å². The molecule has 2 atom stereocenters. The van der Waals surface area contributed by atoms with Gasteiger partial charge in [0.1, 0.15) is 0 Å². The quantitative estimate of drug-likeness (QED) is 0.869. The van der Waals surface area contributed by atoms with Crippen molar-refractivity contribution in [2.45, 2.75) is 11.8 Å². The van der Waals surface area contributed by atoms with Crippen molar-refractivity contribution in [3.05, 3.63) is 34.3 Å². The molecule has 76 valence electrons. The minimum absolute atomic E-state index is 0.451. The van der Waals surface area contributed by atoms with Crippen molar-refractivity contribution in [3.8, 4) is 0 Å². The molecule has 14 heavy (non-hydrogen) atoms. The van der Waals surface area contributed by atoms with E-state index in [4.69, 9.17) is 5.11 Å². The fraction of sp³-hybridized carbons (Fsp3) is 0.400. The summed E-state index contributed by atoms with van der Waals surface area (Å²) in [5.41, 5.74) is 0.595. The zero-order valence-corrected chi connectivity index (χ0v) is 8.84. The molecule has 1 aromatic carbocycles. The first-order chi connectivity index (χ1) is 6.57. The highest BCUT2D eigenvalue weighted by molar-refractivity contribution is 9.10. The second kappa shape index (κ2) is 3.28. The average molecular weight is 263 g/mol. The van der Waals surface area contributed by atoms with Crippen LogP contribution >= 0.6 is 15.9 Å². The van der Waals surface area contributed by atoms with Gasteiger partial charge in [0.25, 0.3) is 5.92 Å². The topological polar surface area (TPSA) is 20.2 Å². The molecule has 0 amide bonds. The molecule has 0 unspecified atom stereocenters. The lowest BCUT2D eigenvalue weighted by Crippen LogP contribution is -1.97. The maximum absolute atomic E-state index is 13.1. The Labute approximate surface area is 88.9 Å². The van der Waals surface area contributed by atoms with Crippen LogP contribution in [-0.4, -0.2) is 17.6 Å². The van der Waals surface area contributed by atoms with Crippen molar-refractivity contribution in [3.63, 3.8) is 0 Å². The van der Waals surface area contributed by atoms with Crippen LogP contribution < -0.4 is 0 Å². The molecular weight excluding hydrogens is 254 g/mol. The van der Waals surface area contributed by atoms with Crippen LogP contribution in [0.5, 0.6) is 0 Å². The van der Waals surface area contributed by atoms with Crippen molar-refractivity contribution < 1.29 is 13.9 Å². The molecule has 0 spiro atoms. The third kappa shape index (κ3) is 1.46. The van der Waals surface area contributed by atoms with Gasteiger partial charge in [-0.25, -0.2) is 8.78 Å². The molecule has 1 aliphatic carbocycles. The third-order valence-electron chi connectivity index (χ3n) is 2.63. The minimum atomic E-state index is -2.73. The smallest absolute Gasteiger partial charge is 0.261 e. The molecule has 0 bridgehead atoms. The van der Waals surface area contributed by atoms with Crippen LogP contribution in [-0.2, 0) is 0 Å². The lowest BCUT2D eigenvalue weighted by molar-refractivity contribution is 0.0785. The Morgan fingerprint density at radius 1 is 1.29 bits per heavy atom. The first-order valence-corrected chi connectivity index (χ1v) is 5.11. The fourth-order valence-corrected chi connectivity index (χ4v) is 2.01. The molecule has 1 N–H and O–H groups in total. The molecule has 1 nitrogen and oxygen atoms in total. The summed E-state index contributed by atoms with van der Waals surface area (Å²) in [7, 11) is 0. The Morgan fingerprint density at radius 3 is 2.29 bits per heavy atom. The predicted octanol–water partition coefficient (Wildman–Crippen LogP) is 2.79. The SMILES string of the molecule is OC[C@H]1[C@@H](c2ccc(Br)cc2)C1(F)F. The van der Waals surface area contributed by atoms with E-state index in [1.54, 1.807) is 24.3 Å². The van der Waals surface area contributed by atoms with Gasteiger partial charge in [-0.2, -0.15) is 0 Å². The van der Waals surface area contributed by atoms with Crippen LogP contribution in [0.3, 0.4) is 0 Å². The predicted molar refractivity (Wildman–Crippen MR) is 52.4 cm³/mol. The molecule has 0 radical (unpaired) electrons. The maximum atomic E-state index is 13.1. The number of hydrogen-bond donors (Lipinski definition) is 1. The molecule has 1 saturated carbocycles. The summed E-state index contributed by atoms with van der Waals surface area (Å²) >= 11 is 3.24. The molecule has 4 heteroatoms. The first-order valence-electron chi connectivity index (χ1n) is 4.31. The Balaban J connectivity index is 2.22. The molecule has 1 aliphatic rings. The van der Waals surface area contributed by atoms with Crippen LogP contribution in [0.25, 0.3) is 0 Å². The molecular formula is C10H9BrF2O. The van der Waals surface area contributed by atoms with Gasteiger partial charge in [-0.05, 0) is 17.7 Å². The van der Waals surface area contributed by atoms with Gasteiger partial charge in [-0.15, -0.1) is 0 Å². The van der Waals surface area contributed by atoms with Crippen LogP contribution in [0.15, 0.2) is 28.7 Å². The lowest BCUT2D eigenvalue weighted by atomic mass is 10.1. The first kappa shape index (κ1) is 10.1. The van der Waals surface area contributed by atoms with Crippen LogP contribution in [0.1, 0.15) is 11.5 Å². The molecule has 1 fully saturated rings. The van der Waals surface area contributed by atoms with E-state index in [1.165, 1.54) is 0 Å². The summed E-state index contributed by atoms with van der Waals surface area (Å²) in [4.78, 5) is 0. The van der Waals surface area contributed by atoms with Crippen molar-refractivity contribution in [2.24, 2.45) is 5.92 Å². The highest BCUT2D eigenvalue weighted by Gasteiger charge is 2.68. The van der Waals surface area contributed by atoms with Gasteiger partial charge in [0, 0.05) is 4.47 Å². The zero-order valence-electron chi connectivity index (χ0n) is 7.25. The van der Waals surface area contributed by atoms with Gasteiger partial charge in [0.2, 0.25) is 0 Å². The van der Waals surface area contributed by atoms with E-state index in [-0.39, 0.29) is 0 Å². The number of benzene rings is 1. The molecule has 2 rings (SSSR count). The Bertz CT molecular complexity index is 336. The Hall–Kier alpha value is -0.480. The van der Waals surface area contributed by atoms with Crippen LogP contribution in [0.2, 0.25) is 0 Å². The largest absolute Gasteiger partial charge is 0.396 e. The van der Waals surface area contributed by atoms with E-state index in [1.807, 2.05) is 0 Å². The average Bonchev–Trinajstić information content (AvgIpc) is 2.69. The van der Waals surface area contributed by atoms with Crippen molar-refractivity contribution >= 4 is 15.9 Å².